The van der Waals surface area contributed by atoms with E-state index in [1.54, 1.807) is 29.4 Å². The Morgan fingerprint density at radius 2 is 2.04 bits per heavy atom. The van der Waals surface area contributed by atoms with Crippen LogP contribution in [-0.2, 0) is 6.54 Å². The van der Waals surface area contributed by atoms with Crippen LogP contribution >= 0.6 is 22.9 Å². The van der Waals surface area contributed by atoms with Gasteiger partial charge in [0.1, 0.15) is 5.01 Å². The number of benzene rings is 2. The van der Waals surface area contributed by atoms with Crippen LogP contribution in [-0.4, -0.2) is 22.8 Å². The lowest BCUT2D eigenvalue weighted by molar-refractivity contribution is 0.0755. The summed E-state index contributed by atoms with van der Waals surface area (Å²) in [6.07, 6.45) is 0. The van der Waals surface area contributed by atoms with E-state index in [2.05, 4.69) is 4.98 Å². The number of furan rings is 1. The normalized spacial score (nSPS) is 11.3. The lowest BCUT2D eigenvalue weighted by atomic mass is 10.1. The topological polar surface area (TPSA) is 46.3 Å². The summed E-state index contributed by atoms with van der Waals surface area (Å²) < 4.78 is 6.88. The summed E-state index contributed by atoms with van der Waals surface area (Å²) in [5, 5.41) is 2.27. The Balaban J connectivity index is 1.64. The number of thiazole rings is 1. The van der Waals surface area contributed by atoms with E-state index in [-0.39, 0.29) is 5.91 Å². The molecule has 0 aliphatic heterocycles. The van der Waals surface area contributed by atoms with Gasteiger partial charge < -0.3 is 9.32 Å². The standard InChI is InChI=1S/C19H15ClN2O2S/c1-11-12-6-5-7-13(20)18(12)24-17(11)19(23)22(2)10-16-21-14-8-3-4-9-15(14)25-16/h3-9H,10H2,1-2H3. The number of para-hydroxylation sites is 2. The lowest BCUT2D eigenvalue weighted by Crippen LogP contribution is -2.26. The van der Waals surface area contributed by atoms with E-state index >= 15 is 0 Å². The highest BCUT2D eigenvalue weighted by atomic mass is 35.5. The van der Waals surface area contributed by atoms with Crippen molar-refractivity contribution < 1.29 is 9.21 Å². The second-order valence-electron chi connectivity index (χ2n) is 5.91. The van der Waals surface area contributed by atoms with Gasteiger partial charge in [-0.05, 0) is 25.1 Å². The summed E-state index contributed by atoms with van der Waals surface area (Å²) in [6.45, 7) is 2.31. The molecule has 4 aromatic rings. The first-order valence-corrected chi connectivity index (χ1v) is 9.01. The molecule has 2 heterocycles. The van der Waals surface area contributed by atoms with Gasteiger partial charge in [-0.2, -0.15) is 0 Å². The van der Waals surface area contributed by atoms with Gasteiger partial charge in [0, 0.05) is 18.0 Å². The van der Waals surface area contributed by atoms with Gasteiger partial charge in [-0.15, -0.1) is 11.3 Å². The van der Waals surface area contributed by atoms with Crippen molar-refractivity contribution in [2.75, 3.05) is 7.05 Å². The Morgan fingerprint density at radius 1 is 1.24 bits per heavy atom. The number of hydrogen-bond acceptors (Lipinski definition) is 4. The molecule has 126 valence electrons. The van der Waals surface area contributed by atoms with Crippen LogP contribution in [0.15, 0.2) is 46.9 Å². The van der Waals surface area contributed by atoms with Crippen molar-refractivity contribution in [3.63, 3.8) is 0 Å². The molecule has 0 spiro atoms. The predicted molar refractivity (Wildman–Crippen MR) is 101 cm³/mol. The van der Waals surface area contributed by atoms with E-state index in [1.807, 2.05) is 43.3 Å². The minimum Gasteiger partial charge on any atom is -0.449 e. The molecule has 1 amide bonds. The quantitative estimate of drug-likeness (QED) is 0.493. The van der Waals surface area contributed by atoms with Gasteiger partial charge in [0.15, 0.2) is 11.3 Å². The maximum atomic E-state index is 12.8. The van der Waals surface area contributed by atoms with E-state index in [4.69, 9.17) is 16.0 Å². The second-order valence-corrected chi connectivity index (χ2v) is 7.43. The number of carbonyl (C=O) groups excluding carboxylic acids is 1. The third kappa shape index (κ3) is 2.79. The SMILES string of the molecule is Cc1c(C(=O)N(C)Cc2nc3ccccc3s2)oc2c(Cl)cccc12. The van der Waals surface area contributed by atoms with E-state index in [0.29, 0.717) is 22.9 Å². The first-order chi connectivity index (χ1) is 12.0. The van der Waals surface area contributed by atoms with Crippen LogP contribution in [0.3, 0.4) is 0 Å². The fraction of sp³-hybridized carbons (Fsp3) is 0.158. The maximum absolute atomic E-state index is 12.8. The summed E-state index contributed by atoms with van der Waals surface area (Å²) in [6, 6.07) is 13.5. The zero-order valence-electron chi connectivity index (χ0n) is 13.7. The molecule has 0 saturated carbocycles. The number of amides is 1. The summed E-state index contributed by atoms with van der Waals surface area (Å²) in [4.78, 5) is 19.0. The van der Waals surface area contributed by atoms with Crippen LogP contribution in [0.5, 0.6) is 0 Å². The zero-order chi connectivity index (χ0) is 17.6. The first-order valence-electron chi connectivity index (χ1n) is 7.82. The molecule has 0 aliphatic carbocycles. The highest BCUT2D eigenvalue weighted by Crippen LogP contribution is 2.31. The predicted octanol–water partition coefficient (Wildman–Crippen LogP) is 5.28. The average molecular weight is 371 g/mol. The Morgan fingerprint density at radius 3 is 2.80 bits per heavy atom. The van der Waals surface area contributed by atoms with Crippen molar-refractivity contribution in [3.8, 4) is 0 Å². The molecule has 4 nitrogen and oxygen atoms in total. The van der Waals surface area contributed by atoms with E-state index in [9.17, 15) is 4.79 Å². The van der Waals surface area contributed by atoms with Crippen molar-refractivity contribution in [2.45, 2.75) is 13.5 Å². The van der Waals surface area contributed by atoms with E-state index in [0.717, 1.165) is 26.2 Å². The molecule has 0 atom stereocenters. The maximum Gasteiger partial charge on any atom is 0.290 e. The Bertz CT molecular complexity index is 1070. The van der Waals surface area contributed by atoms with Crippen LogP contribution in [0.1, 0.15) is 21.1 Å². The molecule has 0 N–H and O–H groups in total. The molecule has 0 radical (unpaired) electrons. The summed E-state index contributed by atoms with van der Waals surface area (Å²) in [5.41, 5.74) is 2.31. The lowest BCUT2D eigenvalue weighted by Gasteiger charge is -2.14. The van der Waals surface area contributed by atoms with Crippen molar-refractivity contribution in [1.82, 2.24) is 9.88 Å². The minimum absolute atomic E-state index is 0.177. The van der Waals surface area contributed by atoms with Crippen LogP contribution in [0.4, 0.5) is 0 Å². The van der Waals surface area contributed by atoms with Crippen molar-refractivity contribution >= 4 is 50.0 Å². The van der Waals surface area contributed by atoms with Crippen LogP contribution in [0.25, 0.3) is 21.2 Å². The molecule has 4 rings (SSSR count). The second kappa shape index (κ2) is 6.17. The highest BCUT2D eigenvalue weighted by molar-refractivity contribution is 7.18. The smallest absolute Gasteiger partial charge is 0.290 e. The van der Waals surface area contributed by atoms with Crippen molar-refractivity contribution in [2.24, 2.45) is 0 Å². The van der Waals surface area contributed by atoms with E-state index < -0.39 is 0 Å². The summed E-state index contributed by atoms with van der Waals surface area (Å²) in [7, 11) is 1.75. The number of carbonyl (C=O) groups is 1. The van der Waals surface area contributed by atoms with Gasteiger partial charge in [-0.25, -0.2) is 4.98 Å². The average Bonchev–Trinajstić information content (AvgIpc) is 3.16. The molecule has 0 bridgehead atoms. The van der Waals surface area contributed by atoms with Crippen molar-refractivity contribution in [3.05, 3.63) is 63.8 Å². The summed E-state index contributed by atoms with van der Waals surface area (Å²) >= 11 is 7.77. The van der Waals surface area contributed by atoms with E-state index in [1.165, 1.54) is 0 Å². The molecule has 0 aliphatic rings. The molecule has 0 saturated heterocycles. The molecule has 0 fully saturated rings. The molecular weight excluding hydrogens is 356 g/mol. The summed E-state index contributed by atoms with van der Waals surface area (Å²) in [5.74, 6) is 0.149. The minimum atomic E-state index is -0.177. The number of aryl methyl sites for hydroxylation is 1. The number of halogens is 1. The van der Waals surface area contributed by atoms with Crippen molar-refractivity contribution in [1.29, 1.82) is 0 Å². The Labute approximate surface area is 153 Å². The monoisotopic (exact) mass is 370 g/mol. The third-order valence-electron chi connectivity index (χ3n) is 4.17. The Hall–Kier alpha value is -2.37. The number of rotatable bonds is 3. The van der Waals surface area contributed by atoms with Gasteiger partial charge in [-0.1, -0.05) is 35.9 Å². The highest BCUT2D eigenvalue weighted by Gasteiger charge is 2.22. The van der Waals surface area contributed by atoms with Crippen LogP contribution in [0, 0.1) is 6.92 Å². The molecular formula is C19H15ClN2O2S. The Kier molecular flexibility index (Phi) is 3.98. The zero-order valence-corrected chi connectivity index (χ0v) is 15.3. The fourth-order valence-corrected chi connectivity index (χ4v) is 4.08. The van der Waals surface area contributed by atoms with Gasteiger partial charge in [-0.3, -0.25) is 4.79 Å². The number of hydrogen-bond donors (Lipinski definition) is 0. The number of fused-ring (bicyclic) bond motifs is 2. The third-order valence-corrected chi connectivity index (χ3v) is 5.49. The number of nitrogens with zero attached hydrogens (tertiary/aromatic N) is 2. The van der Waals surface area contributed by atoms with Gasteiger partial charge in [0.05, 0.1) is 21.8 Å². The fourth-order valence-electron chi connectivity index (χ4n) is 2.85. The molecule has 25 heavy (non-hydrogen) atoms. The molecule has 2 aromatic carbocycles. The molecule has 2 aromatic heterocycles. The first kappa shape index (κ1) is 16.1. The molecule has 6 heteroatoms. The van der Waals surface area contributed by atoms with Gasteiger partial charge in [0.2, 0.25) is 0 Å². The van der Waals surface area contributed by atoms with Crippen LogP contribution < -0.4 is 0 Å². The van der Waals surface area contributed by atoms with Crippen LogP contribution in [0.2, 0.25) is 5.02 Å². The number of aromatic nitrogens is 1. The largest absolute Gasteiger partial charge is 0.449 e. The molecule has 0 unspecified atom stereocenters. The van der Waals surface area contributed by atoms with Gasteiger partial charge in [0.25, 0.3) is 5.91 Å². The van der Waals surface area contributed by atoms with Gasteiger partial charge >= 0.3 is 0 Å².